The van der Waals surface area contributed by atoms with E-state index in [0.29, 0.717) is 25.1 Å². The summed E-state index contributed by atoms with van der Waals surface area (Å²) in [4.78, 5) is 0. The summed E-state index contributed by atoms with van der Waals surface area (Å²) in [7, 11) is -3.41. The molecule has 0 bridgehead atoms. The maximum Gasteiger partial charge on any atom is 0.279 e. The van der Waals surface area contributed by atoms with Gasteiger partial charge in [0.25, 0.3) is 10.2 Å². The molecule has 2 rings (SSSR count). The van der Waals surface area contributed by atoms with Crippen LogP contribution < -0.4 is 4.72 Å². The molecule has 0 spiro atoms. The Kier molecular flexibility index (Phi) is 4.90. The molecule has 0 aromatic heterocycles. The van der Waals surface area contributed by atoms with E-state index < -0.39 is 10.2 Å². The van der Waals surface area contributed by atoms with Gasteiger partial charge in [-0.2, -0.15) is 12.7 Å². The van der Waals surface area contributed by atoms with Crippen LogP contribution in [0.15, 0.2) is 24.3 Å². The molecule has 19 heavy (non-hydrogen) atoms. The van der Waals surface area contributed by atoms with Crippen molar-refractivity contribution in [2.45, 2.75) is 25.7 Å². The second-order valence-corrected chi connectivity index (χ2v) is 6.46. The minimum Gasteiger partial charge on any atom is -0.207 e. The molecule has 1 aliphatic heterocycles. The largest absolute Gasteiger partial charge is 0.279 e. The van der Waals surface area contributed by atoms with Gasteiger partial charge in [0.15, 0.2) is 0 Å². The zero-order valence-electron chi connectivity index (χ0n) is 10.8. The summed E-state index contributed by atoms with van der Waals surface area (Å²) in [5.74, 6) is -0.292. The van der Waals surface area contributed by atoms with Gasteiger partial charge in [-0.05, 0) is 30.9 Å². The van der Waals surface area contributed by atoms with Crippen molar-refractivity contribution < 1.29 is 12.8 Å². The minimum atomic E-state index is -3.41. The van der Waals surface area contributed by atoms with E-state index in [0.717, 1.165) is 19.3 Å². The quantitative estimate of drug-likeness (QED) is 0.895. The summed E-state index contributed by atoms with van der Waals surface area (Å²) in [6.45, 7) is 1.38. The first-order chi connectivity index (χ1) is 9.09. The molecule has 0 radical (unpaired) electrons. The van der Waals surface area contributed by atoms with Gasteiger partial charge in [-0.3, -0.25) is 0 Å². The molecule has 1 aromatic carbocycles. The van der Waals surface area contributed by atoms with E-state index in [9.17, 15) is 12.8 Å². The van der Waals surface area contributed by atoms with E-state index in [-0.39, 0.29) is 12.4 Å². The molecule has 6 heteroatoms. The number of piperidine rings is 1. The van der Waals surface area contributed by atoms with E-state index in [1.807, 2.05) is 0 Å². The number of rotatable bonds is 5. The van der Waals surface area contributed by atoms with Crippen LogP contribution in [0.5, 0.6) is 0 Å². The summed E-state index contributed by atoms with van der Waals surface area (Å²) in [6.07, 6.45) is 3.27. The number of halogens is 1. The standard InChI is InChI=1S/C13H19FN2O2S/c14-13-7-3-2-6-12(13)8-9-15-19(17,18)16-10-4-1-5-11-16/h2-3,6-7,15H,1,4-5,8-11H2. The number of hydrogen-bond acceptors (Lipinski definition) is 2. The highest BCUT2D eigenvalue weighted by atomic mass is 32.2. The smallest absolute Gasteiger partial charge is 0.207 e. The molecule has 0 aliphatic carbocycles. The third kappa shape index (κ3) is 3.99. The first-order valence-electron chi connectivity index (χ1n) is 6.58. The van der Waals surface area contributed by atoms with Gasteiger partial charge in [-0.25, -0.2) is 9.11 Å². The van der Waals surface area contributed by atoms with E-state index in [4.69, 9.17) is 0 Å². The third-order valence-electron chi connectivity index (χ3n) is 3.29. The molecule has 1 saturated heterocycles. The minimum absolute atomic E-state index is 0.222. The van der Waals surface area contributed by atoms with Crippen molar-refractivity contribution >= 4 is 10.2 Å². The topological polar surface area (TPSA) is 49.4 Å². The molecular formula is C13H19FN2O2S. The molecule has 0 saturated carbocycles. The molecule has 106 valence electrons. The third-order valence-corrected chi connectivity index (χ3v) is 4.91. The van der Waals surface area contributed by atoms with Crippen molar-refractivity contribution in [1.82, 2.24) is 9.03 Å². The van der Waals surface area contributed by atoms with Gasteiger partial charge >= 0.3 is 0 Å². The monoisotopic (exact) mass is 286 g/mol. The Morgan fingerprint density at radius 2 is 1.84 bits per heavy atom. The molecule has 0 atom stereocenters. The van der Waals surface area contributed by atoms with E-state index in [1.54, 1.807) is 18.2 Å². The van der Waals surface area contributed by atoms with Crippen LogP contribution in [-0.4, -0.2) is 32.4 Å². The summed E-state index contributed by atoms with van der Waals surface area (Å²) in [5, 5.41) is 0. The van der Waals surface area contributed by atoms with Crippen molar-refractivity contribution in [2.24, 2.45) is 0 Å². The van der Waals surface area contributed by atoms with Crippen LogP contribution in [0.3, 0.4) is 0 Å². The summed E-state index contributed by atoms with van der Waals surface area (Å²) in [5.41, 5.74) is 0.531. The molecule has 1 aliphatic rings. The lowest BCUT2D eigenvalue weighted by Crippen LogP contribution is -2.44. The fraction of sp³-hybridized carbons (Fsp3) is 0.538. The molecule has 0 amide bonds. The number of nitrogens with one attached hydrogen (secondary N) is 1. The van der Waals surface area contributed by atoms with Crippen molar-refractivity contribution in [3.05, 3.63) is 35.6 Å². The maximum atomic E-state index is 13.4. The first kappa shape index (κ1) is 14.4. The van der Waals surface area contributed by atoms with Crippen LogP contribution in [0.4, 0.5) is 4.39 Å². The predicted octanol–water partition coefficient (Wildman–Crippen LogP) is 1.69. The Morgan fingerprint density at radius 3 is 2.53 bits per heavy atom. The highest BCUT2D eigenvalue weighted by molar-refractivity contribution is 7.87. The Morgan fingerprint density at radius 1 is 1.16 bits per heavy atom. The van der Waals surface area contributed by atoms with Gasteiger partial charge < -0.3 is 0 Å². The van der Waals surface area contributed by atoms with Crippen LogP contribution in [0.25, 0.3) is 0 Å². The predicted molar refractivity (Wildman–Crippen MR) is 72.5 cm³/mol. The normalized spacial score (nSPS) is 17.5. The highest BCUT2D eigenvalue weighted by Gasteiger charge is 2.22. The summed E-state index contributed by atoms with van der Waals surface area (Å²) < 4.78 is 41.3. The van der Waals surface area contributed by atoms with Crippen molar-refractivity contribution in [3.63, 3.8) is 0 Å². The molecule has 1 aromatic rings. The zero-order valence-corrected chi connectivity index (χ0v) is 11.6. The van der Waals surface area contributed by atoms with Crippen LogP contribution in [-0.2, 0) is 16.6 Å². The van der Waals surface area contributed by atoms with Gasteiger partial charge in [0.05, 0.1) is 0 Å². The van der Waals surface area contributed by atoms with Crippen molar-refractivity contribution in [1.29, 1.82) is 0 Å². The average Bonchev–Trinajstić information content (AvgIpc) is 2.42. The highest BCUT2D eigenvalue weighted by Crippen LogP contribution is 2.12. The van der Waals surface area contributed by atoms with Crippen LogP contribution >= 0.6 is 0 Å². The van der Waals surface area contributed by atoms with Gasteiger partial charge in [0, 0.05) is 19.6 Å². The van der Waals surface area contributed by atoms with Crippen LogP contribution in [0.1, 0.15) is 24.8 Å². The average molecular weight is 286 g/mol. The fourth-order valence-corrected chi connectivity index (χ4v) is 3.49. The second kappa shape index (κ2) is 6.45. The van der Waals surface area contributed by atoms with Crippen LogP contribution in [0, 0.1) is 5.82 Å². The maximum absolute atomic E-state index is 13.4. The molecule has 0 unspecified atom stereocenters. The second-order valence-electron chi connectivity index (χ2n) is 4.70. The Hall–Kier alpha value is -0.980. The van der Waals surface area contributed by atoms with Crippen molar-refractivity contribution in [2.75, 3.05) is 19.6 Å². The van der Waals surface area contributed by atoms with E-state index in [2.05, 4.69) is 4.72 Å². The Labute approximate surface area is 113 Å². The first-order valence-corrected chi connectivity index (χ1v) is 8.02. The molecular weight excluding hydrogens is 267 g/mol. The number of benzene rings is 1. The summed E-state index contributed by atoms with van der Waals surface area (Å²) >= 11 is 0. The van der Waals surface area contributed by atoms with E-state index in [1.165, 1.54) is 10.4 Å². The number of nitrogens with zero attached hydrogens (tertiary/aromatic N) is 1. The Balaban J connectivity index is 1.86. The number of hydrogen-bond donors (Lipinski definition) is 1. The molecule has 1 heterocycles. The molecule has 1 fully saturated rings. The van der Waals surface area contributed by atoms with Gasteiger partial charge in [0.1, 0.15) is 5.82 Å². The molecule has 1 N–H and O–H groups in total. The lowest BCUT2D eigenvalue weighted by Gasteiger charge is -2.25. The van der Waals surface area contributed by atoms with Crippen molar-refractivity contribution in [3.8, 4) is 0 Å². The van der Waals surface area contributed by atoms with Crippen LogP contribution in [0.2, 0.25) is 0 Å². The molecule has 4 nitrogen and oxygen atoms in total. The fourth-order valence-electron chi connectivity index (χ4n) is 2.21. The summed E-state index contributed by atoms with van der Waals surface area (Å²) in [6, 6.07) is 6.42. The Bertz CT molecular complexity index is 513. The van der Waals surface area contributed by atoms with Gasteiger partial charge in [-0.1, -0.05) is 24.6 Å². The van der Waals surface area contributed by atoms with Gasteiger partial charge in [-0.15, -0.1) is 0 Å². The lowest BCUT2D eigenvalue weighted by atomic mass is 10.1. The zero-order chi connectivity index (χ0) is 13.7. The van der Waals surface area contributed by atoms with Gasteiger partial charge in [0.2, 0.25) is 0 Å². The SMILES string of the molecule is O=S(=O)(NCCc1ccccc1F)N1CCCCC1. The van der Waals surface area contributed by atoms with E-state index >= 15 is 0 Å². The lowest BCUT2D eigenvalue weighted by molar-refractivity contribution is 0.342.